The second-order valence-corrected chi connectivity index (χ2v) is 6.86. The van der Waals surface area contributed by atoms with Gasteiger partial charge in [0.15, 0.2) is 0 Å². The molecule has 0 N–H and O–H groups in total. The largest absolute Gasteiger partial charge is 2.00 e. The van der Waals surface area contributed by atoms with Crippen molar-refractivity contribution in [2.24, 2.45) is 0 Å². The summed E-state index contributed by atoms with van der Waals surface area (Å²) in [6.07, 6.45) is 0. The molecule has 2 aromatic rings. The molecular formula is C18H22NiS4. The van der Waals surface area contributed by atoms with Gasteiger partial charge < -0.3 is 0 Å². The van der Waals surface area contributed by atoms with Gasteiger partial charge in [-0.15, -0.1) is 24.3 Å². The standard InChI is InChI=1S/2C9H11S2.Ni/c2*1-7-2-4-8(5-3-7)9(11)6-10;/h2*2-5,9-11H,1,6H2;/q2*-1;+2. The number of hydrogen-bond donors (Lipinski definition) is 4. The molecule has 0 aliphatic rings. The molecule has 2 aromatic carbocycles. The fourth-order valence-electron chi connectivity index (χ4n) is 1.69. The van der Waals surface area contributed by atoms with Gasteiger partial charge in [-0.2, -0.15) is 99.8 Å². The van der Waals surface area contributed by atoms with E-state index in [0.29, 0.717) is 0 Å². The molecule has 0 aliphatic carbocycles. The molecule has 2 atom stereocenters. The second kappa shape index (κ2) is 12.4. The zero-order valence-corrected chi connectivity index (χ0v) is 17.3. The fraction of sp³-hybridized carbons (Fsp3) is 0.222. The average Bonchev–Trinajstić information content (AvgIpc) is 2.55. The molecule has 0 saturated heterocycles. The Labute approximate surface area is 172 Å². The number of thiol groups is 4. The van der Waals surface area contributed by atoms with Gasteiger partial charge in [0.25, 0.3) is 0 Å². The van der Waals surface area contributed by atoms with Gasteiger partial charge in [-0.1, -0.05) is 11.1 Å². The molecule has 23 heavy (non-hydrogen) atoms. The Balaban J connectivity index is 0.000000403. The molecule has 0 saturated carbocycles. The summed E-state index contributed by atoms with van der Waals surface area (Å²) in [6.45, 7) is 7.61. The molecule has 5 heteroatoms. The summed E-state index contributed by atoms with van der Waals surface area (Å²) in [5.74, 6) is 1.53. The first-order valence-electron chi connectivity index (χ1n) is 6.89. The third-order valence-electron chi connectivity index (χ3n) is 3.07. The van der Waals surface area contributed by atoms with Crippen LogP contribution in [0.4, 0.5) is 0 Å². The first kappa shape index (κ1) is 23.1. The van der Waals surface area contributed by atoms with E-state index in [1.165, 1.54) is 11.1 Å². The van der Waals surface area contributed by atoms with Gasteiger partial charge >= 0.3 is 16.5 Å². The molecule has 0 heterocycles. The van der Waals surface area contributed by atoms with Gasteiger partial charge in [-0.05, 0) is 0 Å². The van der Waals surface area contributed by atoms with Crippen LogP contribution in [0, 0.1) is 13.8 Å². The quantitative estimate of drug-likeness (QED) is 0.276. The van der Waals surface area contributed by atoms with Crippen LogP contribution in [0.25, 0.3) is 0 Å². The van der Waals surface area contributed by atoms with E-state index in [1.54, 1.807) is 0 Å². The summed E-state index contributed by atoms with van der Waals surface area (Å²) in [6, 6.07) is 16.1. The van der Waals surface area contributed by atoms with Gasteiger partial charge in [0.2, 0.25) is 0 Å². The van der Waals surface area contributed by atoms with Crippen LogP contribution >= 0.6 is 50.5 Å². The maximum absolute atomic E-state index is 4.36. The third kappa shape index (κ3) is 8.65. The molecule has 2 rings (SSSR count). The van der Waals surface area contributed by atoms with E-state index in [-0.39, 0.29) is 27.0 Å². The summed E-state index contributed by atoms with van der Waals surface area (Å²) in [4.78, 5) is 0. The van der Waals surface area contributed by atoms with Crippen molar-refractivity contribution in [1.82, 2.24) is 0 Å². The van der Waals surface area contributed by atoms with Gasteiger partial charge in [0.1, 0.15) is 0 Å². The Morgan fingerprint density at radius 3 is 1.13 bits per heavy atom. The summed E-state index contributed by atoms with van der Waals surface area (Å²) in [7, 11) is 0. The van der Waals surface area contributed by atoms with E-state index < -0.39 is 0 Å². The number of benzene rings is 2. The van der Waals surface area contributed by atoms with E-state index in [0.717, 1.165) is 22.6 Å². The Kier molecular flexibility index (Phi) is 12.5. The molecule has 2 unspecified atom stereocenters. The monoisotopic (exact) mass is 424 g/mol. The Morgan fingerprint density at radius 2 is 0.913 bits per heavy atom. The van der Waals surface area contributed by atoms with Crippen LogP contribution < -0.4 is 0 Å². The van der Waals surface area contributed by atoms with Crippen LogP contribution in [0.1, 0.15) is 32.8 Å². The van der Waals surface area contributed by atoms with Gasteiger partial charge in [-0.25, -0.2) is 0 Å². The van der Waals surface area contributed by atoms with E-state index >= 15 is 0 Å². The van der Waals surface area contributed by atoms with E-state index in [2.05, 4.69) is 64.4 Å². The zero-order chi connectivity index (χ0) is 16.5. The normalized spacial score (nSPS) is 12.3. The summed E-state index contributed by atoms with van der Waals surface area (Å²) in [5, 5.41) is 0.470. The van der Waals surface area contributed by atoms with Crippen LogP contribution in [-0.4, -0.2) is 11.5 Å². The molecular weight excluding hydrogens is 403 g/mol. The van der Waals surface area contributed by atoms with Crippen LogP contribution in [0.15, 0.2) is 48.5 Å². The van der Waals surface area contributed by atoms with Crippen molar-refractivity contribution in [1.29, 1.82) is 0 Å². The van der Waals surface area contributed by atoms with Gasteiger partial charge in [0, 0.05) is 22.0 Å². The van der Waals surface area contributed by atoms with Crippen molar-refractivity contribution >= 4 is 50.5 Å². The van der Waals surface area contributed by atoms with E-state index in [1.807, 2.05) is 48.5 Å². The number of hydrogen-bond acceptors (Lipinski definition) is 4. The van der Waals surface area contributed by atoms with Gasteiger partial charge in [-0.3, -0.25) is 0 Å². The summed E-state index contributed by atoms with van der Waals surface area (Å²) in [5.41, 5.74) is 4.48. The molecule has 0 aromatic heterocycles. The van der Waals surface area contributed by atoms with Crippen molar-refractivity contribution in [2.75, 3.05) is 11.5 Å². The second-order valence-electron chi connectivity index (χ2n) is 4.88. The van der Waals surface area contributed by atoms with Crippen molar-refractivity contribution in [3.8, 4) is 0 Å². The topological polar surface area (TPSA) is 0 Å². The SMILES string of the molecule is [CH2-]c1ccc(C(S)CS)cc1.[CH2-]c1ccc(C(S)CS)cc1.[Ni+2]. The third-order valence-corrected chi connectivity index (χ3v) is 5.34. The Bertz CT molecular complexity index is 488. The number of rotatable bonds is 4. The van der Waals surface area contributed by atoms with Crippen molar-refractivity contribution in [3.05, 3.63) is 84.6 Å². The molecule has 0 bridgehead atoms. The molecule has 128 valence electrons. The van der Waals surface area contributed by atoms with Crippen LogP contribution in [0.2, 0.25) is 0 Å². The maximum atomic E-state index is 4.36. The first-order valence-corrected chi connectivity index (χ1v) is 9.19. The summed E-state index contributed by atoms with van der Waals surface area (Å²) < 4.78 is 0. The zero-order valence-electron chi connectivity index (χ0n) is 12.7. The van der Waals surface area contributed by atoms with E-state index in [4.69, 9.17) is 0 Å². The minimum atomic E-state index is 0. The molecule has 0 nitrogen and oxygen atoms in total. The van der Waals surface area contributed by atoms with Crippen molar-refractivity contribution < 1.29 is 16.5 Å². The van der Waals surface area contributed by atoms with Crippen LogP contribution in [-0.2, 0) is 16.5 Å². The molecule has 0 aliphatic heterocycles. The predicted molar refractivity (Wildman–Crippen MR) is 113 cm³/mol. The van der Waals surface area contributed by atoms with Crippen LogP contribution in [0.5, 0.6) is 0 Å². The Morgan fingerprint density at radius 1 is 0.652 bits per heavy atom. The van der Waals surface area contributed by atoms with Crippen molar-refractivity contribution in [3.63, 3.8) is 0 Å². The molecule has 0 radical (unpaired) electrons. The van der Waals surface area contributed by atoms with Crippen LogP contribution in [0.3, 0.4) is 0 Å². The van der Waals surface area contributed by atoms with Crippen molar-refractivity contribution in [2.45, 2.75) is 10.5 Å². The summed E-state index contributed by atoms with van der Waals surface area (Å²) >= 11 is 17.0. The minimum absolute atomic E-state index is 0. The smallest absolute Gasteiger partial charge is 0.199 e. The fourth-order valence-corrected chi connectivity index (χ4v) is 2.46. The molecule has 0 spiro atoms. The van der Waals surface area contributed by atoms with Gasteiger partial charge in [0.05, 0.1) is 0 Å². The van der Waals surface area contributed by atoms with E-state index in [9.17, 15) is 0 Å². The maximum Gasteiger partial charge on any atom is 2.00 e. The minimum Gasteiger partial charge on any atom is -0.199 e. The first-order chi connectivity index (χ1) is 10.5. The predicted octanol–water partition coefficient (Wildman–Crippen LogP) is 5.54. The molecule has 0 amide bonds. The average molecular weight is 425 g/mol. The Hall–Kier alpha value is 0.0735. The molecule has 0 fully saturated rings.